The van der Waals surface area contributed by atoms with Crippen molar-refractivity contribution in [1.29, 1.82) is 0 Å². The maximum absolute atomic E-state index is 13.1. The maximum atomic E-state index is 13.1. The van der Waals surface area contributed by atoms with Crippen molar-refractivity contribution in [3.8, 4) is 0 Å². The number of imide groups is 1. The quantitative estimate of drug-likeness (QED) is 0.568. The molecule has 1 aromatic heterocycles. The van der Waals surface area contributed by atoms with Gasteiger partial charge < -0.3 is 4.42 Å². The van der Waals surface area contributed by atoms with Gasteiger partial charge in [-0.25, -0.2) is 0 Å². The van der Waals surface area contributed by atoms with Crippen LogP contribution in [-0.4, -0.2) is 16.7 Å². The number of rotatable bonds is 6. The summed E-state index contributed by atoms with van der Waals surface area (Å²) < 4.78 is 5.34. The maximum Gasteiger partial charge on any atom is 0.268 e. The number of nitrogens with zero attached hydrogens (tertiary/aromatic N) is 1. The number of hydrogen-bond acceptors (Lipinski definition) is 4. The van der Waals surface area contributed by atoms with E-state index < -0.39 is 0 Å². The van der Waals surface area contributed by atoms with Crippen LogP contribution >= 0.6 is 11.8 Å². The van der Waals surface area contributed by atoms with E-state index in [0.29, 0.717) is 22.0 Å². The van der Waals surface area contributed by atoms with Crippen LogP contribution < -0.4 is 0 Å². The summed E-state index contributed by atoms with van der Waals surface area (Å²) in [5, 5.41) is 0. The molecule has 4 rings (SSSR count). The second kappa shape index (κ2) is 7.90. The molecule has 0 saturated carbocycles. The number of amides is 2. The average Bonchev–Trinajstić information content (AvgIpc) is 3.30. The van der Waals surface area contributed by atoms with E-state index in [1.807, 2.05) is 61.5 Å². The van der Waals surface area contributed by atoms with Crippen molar-refractivity contribution >= 4 is 29.1 Å². The Morgan fingerprint density at radius 3 is 2.32 bits per heavy atom. The first kappa shape index (κ1) is 18.3. The SMILES string of the molecule is Cc1ccc(C2=C(SCc3ccccc3)C(=O)N(Cc3ccco3)C2=O)cc1. The minimum Gasteiger partial charge on any atom is -0.467 e. The molecule has 2 amide bonds. The van der Waals surface area contributed by atoms with E-state index in [-0.39, 0.29) is 18.4 Å². The van der Waals surface area contributed by atoms with Crippen molar-refractivity contribution in [2.45, 2.75) is 19.2 Å². The lowest BCUT2D eigenvalue weighted by atomic mass is 10.0. The van der Waals surface area contributed by atoms with Gasteiger partial charge in [0.2, 0.25) is 0 Å². The van der Waals surface area contributed by atoms with Gasteiger partial charge in [-0.05, 0) is 30.2 Å². The molecular weight excluding hydrogens is 370 g/mol. The summed E-state index contributed by atoms with van der Waals surface area (Å²) in [5.74, 6) is 0.664. The highest BCUT2D eigenvalue weighted by Crippen LogP contribution is 2.38. The van der Waals surface area contributed by atoms with Gasteiger partial charge in [0.1, 0.15) is 5.76 Å². The molecule has 4 nitrogen and oxygen atoms in total. The predicted octanol–water partition coefficient (Wildman–Crippen LogP) is 4.80. The highest BCUT2D eigenvalue weighted by atomic mass is 32.2. The normalized spacial score (nSPS) is 14.2. The third-order valence-corrected chi connectivity index (χ3v) is 5.73. The summed E-state index contributed by atoms with van der Waals surface area (Å²) >= 11 is 1.41. The highest BCUT2D eigenvalue weighted by Gasteiger charge is 2.39. The number of aryl methyl sites for hydroxylation is 1. The van der Waals surface area contributed by atoms with Gasteiger partial charge in [0.15, 0.2) is 0 Å². The molecule has 2 heterocycles. The lowest BCUT2D eigenvalue weighted by molar-refractivity contribution is -0.137. The summed E-state index contributed by atoms with van der Waals surface area (Å²) in [4.78, 5) is 28.0. The molecule has 5 heteroatoms. The van der Waals surface area contributed by atoms with E-state index in [1.165, 1.54) is 16.7 Å². The molecule has 140 valence electrons. The highest BCUT2D eigenvalue weighted by molar-refractivity contribution is 8.03. The minimum atomic E-state index is -0.277. The van der Waals surface area contributed by atoms with E-state index in [9.17, 15) is 9.59 Å². The van der Waals surface area contributed by atoms with E-state index in [4.69, 9.17) is 4.42 Å². The van der Waals surface area contributed by atoms with Gasteiger partial charge in [-0.2, -0.15) is 0 Å². The van der Waals surface area contributed by atoms with Crippen LogP contribution in [0.15, 0.2) is 82.3 Å². The average molecular weight is 389 g/mol. The molecule has 1 aliphatic heterocycles. The molecule has 0 atom stereocenters. The van der Waals surface area contributed by atoms with Gasteiger partial charge in [0, 0.05) is 5.75 Å². The van der Waals surface area contributed by atoms with Crippen molar-refractivity contribution in [2.24, 2.45) is 0 Å². The monoisotopic (exact) mass is 389 g/mol. The molecule has 2 aromatic carbocycles. The van der Waals surface area contributed by atoms with Crippen molar-refractivity contribution < 1.29 is 14.0 Å². The predicted molar refractivity (Wildman–Crippen MR) is 110 cm³/mol. The molecule has 0 spiro atoms. The van der Waals surface area contributed by atoms with Gasteiger partial charge in [0.25, 0.3) is 11.8 Å². The van der Waals surface area contributed by atoms with Crippen molar-refractivity contribution in [3.05, 3.63) is 100 Å². The lowest BCUT2D eigenvalue weighted by Gasteiger charge is -2.13. The topological polar surface area (TPSA) is 50.5 Å². The zero-order valence-corrected chi connectivity index (χ0v) is 16.2. The number of benzene rings is 2. The Morgan fingerprint density at radius 2 is 1.64 bits per heavy atom. The number of thioether (sulfide) groups is 1. The first-order valence-corrected chi connectivity index (χ1v) is 9.98. The summed E-state index contributed by atoms with van der Waals surface area (Å²) in [6.07, 6.45) is 1.54. The van der Waals surface area contributed by atoms with E-state index in [2.05, 4.69) is 0 Å². The number of carbonyl (C=O) groups excluding carboxylic acids is 2. The summed E-state index contributed by atoms with van der Waals surface area (Å²) in [5.41, 5.74) is 3.44. The first-order valence-electron chi connectivity index (χ1n) is 9.00. The molecule has 0 fully saturated rings. The zero-order chi connectivity index (χ0) is 19.5. The third kappa shape index (κ3) is 3.66. The van der Waals surface area contributed by atoms with E-state index >= 15 is 0 Å². The van der Waals surface area contributed by atoms with Gasteiger partial charge in [-0.1, -0.05) is 60.2 Å². The first-order chi connectivity index (χ1) is 13.6. The van der Waals surface area contributed by atoms with Crippen LogP contribution in [0, 0.1) is 6.92 Å². The van der Waals surface area contributed by atoms with Crippen LogP contribution in [0.25, 0.3) is 5.57 Å². The number of hydrogen-bond donors (Lipinski definition) is 0. The van der Waals surface area contributed by atoms with Crippen LogP contribution in [0.3, 0.4) is 0 Å². The zero-order valence-electron chi connectivity index (χ0n) is 15.4. The molecule has 1 aliphatic rings. The van der Waals surface area contributed by atoms with Crippen LogP contribution in [-0.2, 0) is 21.9 Å². The van der Waals surface area contributed by atoms with Crippen LogP contribution in [0.4, 0.5) is 0 Å². The van der Waals surface area contributed by atoms with Crippen molar-refractivity contribution in [2.75, 3.05) is 0 Å². The summed E-state index contributed by atoms with van der Waals surface area (Å²) in [6, 6.07) is 21.1. The van der Waals surface area contributed by atoms with Gasteiger partial charge >= 0.3 is 0 Å². The van der Waals surface area contributed by atoms with Crippen LogP contribution in [0.1, 0.15) is 22.5 Å². The van der Waals surface area contributed by atoms with Crippen molar-refractivity contribution in [3.63, 3.8) is 0 Å². The Balaban J connectivity index is 1.67. The largest absolute Gasteiger partial charge is 0.467 e. The molecule has 0 N–H and O–H groups in total. The number of carbonyl (C=O) groups is 2. The van der Waals surface area contributed by atoms with Crippen LogP contribution in [0.5, 0.6) is 0 Å². The standard InChI is InChI=1S/C23H19NO3S/c1-16-9-11-18(12-10-16)20-21(28-15-17-6-3-2-4-7-17)23(26)24(22(20)25)14-19-8-5-13-27-19/h2-13H,14-15H2,1H3. The number of furan rings is 1. The fraction of sp³-hybridized carbons (Fsp3) is 0.130. The molecule has 0 saturated heterocycles. The van der Waals surface area contributed by atoms with Gasteiger partial charge in [0.05, 0.1) is 23.3 Å². The van der Waals surface area contributed by atoms with Crippen LogP contribution in [0.2, 0.25) is 0 Å². The third-order valence-electron chi connectivity index (χ3n) is 4.59. The fourth-order valence-electron chi connectivity index (χ4n) is 3.09. The minimum absolute atomic E-state index is 0.134. The van der Waals surface area contributed by atoms with Gasteiger partial charge in [-0.3, -0.25) is 14.5 Å². The molecule has 0 bridgehead atoms. The molecule has 0 radical (unpaired) electrons. The Bertz CT molecular complexity index is 1020. The fourth-order valence-corrected chi connectivity index (χ4v) is 4.18. The van der Waals surface area contributed by atoms with Crippen molar-refractivity contribution in [1.82, 2.24) is 4.90 Å². The molecule has 0 unspecified atom stereocenters. The Kier molecular flexibility index (Phi) is 5.17. The Morgan fingerprint density at radius 1 is 0.893 bits per heavy atom. The molecule has 3 aromatic rings. The molecule has 28 heavy (non-hydrogen) atoms. The molecule has 0 aliphatic carbocycles. The molecular formula is C23H19NO3S. The van der Waals surface area contributed by atoms with Gasteiger partial charge in [-0.15, -0.1) is 11.8 Å². The Labute approximate surface area is 167 Å². The summed E-state index contributed by atoms with van der Waals surface area (Å²) in [6.45, 7) is 2.13. The van der Waals surface area contributed by atoms with E-state index in [0.717, 1.165) is 16.7 Å². The lowest BCUT2D eigenvalue weighted by Crippen LogP contribution is -2.30. The smallest absolute Gasteiger partial charge is 0.268 e. The van der Waals surface area contributed by atoms with E-state index in [1.54, 1.807) is 18.4 Å². The second-order valence-electron chi connectivity index (χ2n) is 6.62. The Hall–Kier alpha value is -3.05. The second-order valence-corrected chi connectivity index (χ2v) is 7.61. The summed E-state index contributed by atoms with van der Waals surface area (Å²) in [7, 11) is 0.